The zero-order valence-electron chi connectivity index (χ0n) is 8.37. The molecule has 0 aliphatic carbocycles. The average molecular weight is 243 g/mol. The van der Waals surface area contributed by atoms with Crippen molar-refractivity contribution in [2.24, 2.45) is 0 Å². The van der Waals surface area contributed by atoms with Crippen molar-refractivity contribution in [2.75, 3.05) is 32.8 Å². The number of carboxylic acids is 1. The molecule has 1 heterocycles. The summed E-state index contributed by atoms with van der Waals surface area (Å²) in [7, 11) is 0. The topological polar surface area (TPSA) is 66.8 Å². The highest BCUT2D eigenvalue weighted by molar-refractivity contribution is 5.73. The first-order valence-electron chi connectivity index (χ1n) is 4.41. The molecule has 0 radical (unpaired) electrons. The van der Waals surface area contributed by atoms with Gasteiger partial charge in [-0.3, -0.25) is 4.90 Å². The number of morpholine rings is 1. The van der Waals surface area contributed by atoms with Gasteiger partial charge < -0.3 is 14.6 Å². The molecule has 94 valence electrons. The monoisotopic (exact) mass is 243 g/mol. The van der Waals surface area contributed by atoms with Gasteiger partial charge in [-0.25, -0.2) is 4.79 Å². The van der Waals surface area contributed by atoms with Crippen molar-refractivity contribution in [3.8, 4) is 0 Å². The number of aliphatic carboxylic acids is 1. The van der Waals surface area contributed by atoms with E-state index in [-0.39, 0.29) is 0 Å². The van der Waals surface area contributed by atoms with Crippen molar-refractivity contribution in [2.45, 2.75) is 6.18 Å². The molecule has 1 rings (SSSR count). The van der Waals surface area contributed by atoms with Crippen LogP contribution in [0.3, 0.4) is 0 Å². The van der Waals surface area contributed by atoms with Gasteiger partial charge in [0.25, 0.3) is 0 Å². The molecule has 5 nitrogen and oxygen atoms in total. The second-order valence-electron chi connectivity index (χ2n) is 2.88. The van der Waals surface area contributed by atoms with Crippen LogP contribution in [-0.4, -0.2) is 61.3 Å². The third-order valence-electron chi connectivity index (χ3n) is 1.68. The Balaban J connectivity index is 0.000000293. The zero-order chi connectivity index (χ0) is 12.6. The highest BCUT2D eigenvalue weighted by atomic mass is 19.4. The van der Waals surface area contributed by atoms with Gasteiger partial charge in [0, 0.05) is 13.1 Å². The van der Waals surface area contributed by atoms with Gasteiger partial charge in [0.05, 0.1) is 19.8 Å². The van der Waals surface area contributed by atoms with Gasteiger partial charge >= 0.3 is 12.1 Å². The largest absolute Gasteiger partial charge is 0.490 e. The third kappa shape index (κ3) is 7.18. The van der Waals surface area contributed by atoms with Crippen LogP contribution in [0, 0.1) is 0 Å². The molecular formula is C8H12F3NO4. The lowest BCUT2D eigenvalue weighted by Crippen LogP contribution is -2.37. The minimum absolute atomic E-state index is 0.559. The van der Waals surface area contributed by atoms with E-state index in [1.807, 2.05) is 0 Å². The summed E-state index contributed by atoms with van der Waals surface area (Å²) in [6.45, 7) is 3.91. The van der Waals surface area contributed by atoms with Crippen molar-refractivity contribution >= 4 is 12.3 Å². The first-order valence-corrected chi connectivity index (χ1v) is 4.41. The van der Waals surface area contributed by atoms with E-state index in [0.717, 1.165) is 32.6 Å². The summed E-state index contributed by atoms with van der Waals surface area (Å²) in [4.78, 5) is 21.0. The van der Waals surface area contributed by atoms with Gasteiger partial charge in [-0.05, 0) is 0 Å². The number of aldehydes is 1. The first-order chi connectivity index (χ1) is 7.38. The number of halogens is 3. The van der Waals surface area contributed by atoms with E-state index in [0.29, 0.717) is 6.54 Å². The number of nitrogens with zero attached hydrogens (tertiary/aromatic N) is 1. The predicted molar refractivity (Wildman–Crippen MR) is 47.0 cm³/mol. The number of hydrogen-bond donors (Lipinski definition) is 1. The van der Waals surface area contributed by atoms with Crippen molar-refractivity contribution in [3.63, 3.8) is 0 Å². The SMILES string of the molecule is O=C(O)C(F)(F)F.O=CCN1CCOCC1. The van der Waals surface area contributed by atoms with Gasteiger partial charge in [-0.1, -0.05) is 0 Å². The summed E-state index contributed by atoms with van der Waals surface area (Å²) in [5.74, 6) is -2.76. The van der Waals surface area contributed by atoms with Crippen molar-refractivity contribution in [3.05, 3.63) is 0 Å². The minimum atomic E-state index is -5.08. The molecule has 16 heavy (non-hydrogen) atoms. The number of carbonyl (C=O) groups excluding carboxylic acids is 1. The van der Waals surface area contributed by atoms with Gasteiger partial charge in [0.1, 0.15) is 6.29 Å². The van der Waals surface area contributed by atoms with Crippen LogP contribution in [0.15, 0.2) is 0 Å². The molecule has 1 aliphatic heterocycles. The Hall–Kier alpha value is -1.15. The molecular weight excluding hydrogens is 231 g/mol. The summed E-state index contributed by atoms with van der Waals surface area (Å²) in [5.41, 5.74) is 0. The van der Waals surface area contributed by atoms with Gasteiger partial charge in [-0.15, -0.1) is 0 Å². The molecule has 0 spiro atoms. The second kappa shape index (κ2) is 7.18. The Morgan fingerprint density at radius 3 is 2.12 bits per heavy atom. The lowest BCUT2D eigenvalue weighted by atomic mass is 10.4. The number of hydrogen-bond acceptors (Lipinski definition) is 4. The lowest BCUT2D eigenvalue weighted by Gasteiger charge is -2.23. The Morgan fingerprint density at radius 1 is 1.38 bits per heavy atom. The zero-order valence-corrected chi connectivity index (χ0v) is 8.37. The van der Waals surface area contributed by atoms with Crippen LogP contribution in [0.2, 0.25) is 0 Å². The molecule has 8 heteroatoms. The fourth-order valence-electron chi connectivity index (χ4n) is 0.889. The molecule has 1 fully saturated rings. The van der Waals surface area contributed by atoms with Gasteiger partial charge in [0.15, 0.2) is 0 Å². The van der Waals surface area contributed by atoms with Crippen molar-refractivity contribution < 1.29 is 32.6 Å². The highest BCUT2D eigenvalue weighted by Gasteiger charge is 2.38. The lowest BCUT2D eigenvalue weighted by molar-refractivity contribution is -0.192. The maximum Gasteiger partial charge on any atom is 0.490 e. The van der Waals surface area contributed by atoms with E-state index in [9.17, 15) is 18.0 Å². The number of carbonyl (C=O) groups is 2. The quantitative estimate of drug-likeness (QED) is 0.699. The fraction of sp³-hybridized carbons (Fsp3) is 0.750. The maximum atomic E-state index is 10.6. The summed E-state index contributed by atoms with van der Waals surface area (Å²) < 4.78 is 36.8. The standard InChI is InChI=1S/C6H11NO2.C2HF3O2/c8-4-1-7-2-5-9-6-3-7;3-2(4,5)1(6)7/h4H,1-3,5-6H2;(H,6,7). The molecule has 0 saturated carbocycles. The van der Waals surface area contributed by atoms with E-state index < -0.39 is 12.1 Å². The first kappa shape index (κ1) is 14.8. The number of alkyl halides is 3. The molecule has 0 unspecified atom stereocenters. The van der Waals surface area contributed by atoms with E-state index >= 15 is 0 Å². The van der Waals surface area contributed by atoms with E-state index in [1.54, 1.807) is 0 Å². The normalized spacial score (nSPS) is 17.2. The molecule has 0 atom stereocenters. The molecule has 0 aromatic heterocycles. The third-order valence-corrected chi connectivity index (χ3v) is 1.68. The van der Waals surface area contributed by atoms with Crippen molar-refractivity contribution in [1.29, 1.82) is 0 Å². The molecule has 0 amide bonds. The second-order valence-corrected chi connectivity index (χ2v) is 2.88. The summed E-state index contributed by atoms with van der Waals surface area (Å²) in [6.07, 6.45) is -4.15. The predicted octanol–water partition coefficient (Wildman–Crippen LogP) is 0.151. The average Bonchev–Trinajstić information content (AvgIpc) is 2.19. The molecule has 1 aliphatic rings. The number of rotatable bonds is 2. The van der Waals surface area contributed by atoms with Crippen LogP contribution in [0.1, 0.15) is 0 Å². The van der Waals surface area contributed by atoms with E-state index in [2.05, 4.69) is 4.90 Å². The Labute approximate surface area is 89.8 Å². The van der Waals surface area contributed by atoms with Crippen molar-refractivity contribution in [1.82, 2.24) is 4.90 Å². The number of carboxylic acid groups (broad SMARTS) is 1. The Kier molecular flexibility index (Phi) is 6.66. The van der Waals surface area contributed by atoms with Crippen LogP contribution < -0.4 is 0 Å². The molecule has 0 bridgehead atoms. The van der Waals surface area contributed by atoms with Crippen LogP contribution in [0.5, 0.6) is 0 Å². The van der Waals surface area contributed by atoms with Crippen LogP contribution >= 0.6 is 0 Å². The fourth-order valence-corrected chi connectivity index (χ4v) is 0.889. The Bertz CT molecular complexity index is 226. The molecule has 1 N–H and O–H groups in total. The summed E-state index contributed by atoms with van der Waals surface area (Å²) >= 11 is 0. The van der Waals surface area contributed by atoms with Gasteiger partial charge in [-0.2, -0.15) is 13.2 Å². The van der Waals surface area contributed by atoms with Crippen LogP contribution in [0.4, 0.5) is 13.2 Å². The van der Waals surface area contributed by atoms with Crippen LogP contribution in [0.25, 0.3) is 0 Å². The molecule has 1 saturated heterocycles. The number of ether oxygens (including phenoxy) is 1. The summed E-state index contributed by atoms with van der Waals surface area (Å²) in [5, 5.41) is 7.12. The molecule has 0 aromatic carbocycles. The summed E-state index contributed by atoms with van der Waals surface area (Å²) in [6, 6.07) is 0. The highest BCUT2D eigenvalue weighted by Crippen LogP contribution is 2.13. The van der Waals surface area contributed by atoms with Gasteiger partial charge in [0.2, 0.25) is 0 Å². The van der Waals surface area contributed by atoms with E-state index in [1.165, 1.54) is 0 Å². The maximum absolute atomic E-state index is 10.6. The Morgan fingerprint density at radius 2 is 1.81 bits per heavy atom. The van der Waals surface area contributed by atoms with E-state index in [4.69, 9.17) is 14.6 Å². The molecule has 0 aromatic rings. The minimum Gasteiger partial charge on any atom is -0.475 e. The van der Waals surface area contributed by atoms with Crippen LogP contribution in [-0.2, 0) is 14.3 Å². The smallest absolute Gasteiger partial charge is 0.475 e.